The minimum atomic E-state index is -1.47. The molecule has 11 nitrogen and oxygen atoms in total. The quantitative estimate of drug-likeness (QED) is 0.354. The summed E-state index contributed by atoms with van der Waals surface area (Å²) in [6.45, 7) is 5.49. The van der Waals surface area contributed by atoms with Crippen LogP contribution in [-0.2, 0) is 38.2 Å². The fraction of sp³-hybridized carbons (Fsp3) is 0.719. The standard InChI is InChI=1S/C32H41NO10/c1-4-5-28-41-25-15-23-30(2)13-12-19-14-20(34)8-6-18(19)7-9-21(30)22(35)16-31(23,3)32(25,42-28)24(36)17-40-29(39)43-33-26(37)10-11-27(33)38/h6,8,14,18,21-23,25,28,35H,4-5,7,9-13,15-17H2,1-3H3/t18-,21-,22-,23-,25+,28?,30+,31-,32+/m0/s1. The highest BCUT2D eigenvalue weighted by Crippen LogP contribution is 2.70. The Morgan fingerprint density at radius 3 is 2.58 bits per heavy atom. The van der Waals surface area contributed by atoms with Gasteiger partial charge in [0.2, 0.25) is 5.78 Å². The smallest absolute Gasteiger partial charge is 0.425 e. The van der Waals surface area contributed by atoms with Crippen LogP contribution in [0.4, 0.5) is 4.79 Å². The number of ketones is 2. The molecule has 11 heteroatoms. The first kappa shape index (κ1) is 30.1. The van der Waals surface area contributed by atoms with E-state index in [0.29, 0.717) is 24.3 Å². The number of imide groups is 1. The van der Waals surface area contributed by atoms with Gasteiger partial charge in [-0.05, 0) is 80.3 Å². The number of hydroxylamine groups is 2. The summed E-state index contributed by atoms with van der Waals surface area (Å²) in [6, 6.07) is 0. The van der Waals surface area contributed by atoms with Gasteiger partial charge >= 0.3 is 6.16 Å². The number of hydrogen-bond acceptors (Lipinski definition) is 10. The van der Waals surface area contributed by atoms with Crippen LogP contribution in [0.25, 0.3) is 0 Å². The molecule has 9 atom stereocenters. The summed E-state index contributed by atoms with van der Waals surface area (Å²) in [6.07, 6.45) is 7.33. The van der Waals surface area contributed by atoms with Crippen LogP contribution in [-0.4, -0.2) is 70.4 Å². The van der Waals surface area contributed by atoms with E-state index < -0.39 is 59.9 Å². The predicted molar refractivity (Wildman–Crippen MR) is 149 cm³/mol. The zero-order valence-electron chi connectivity index (χ0n) is 25.0. The number of fused-ring (bicyclic) bond motifs is 6. The first-order chi connectivity index (χ1) is 20.4. The van der Waals surface area contributed by atoms with Crippen molar-refractivity contribution in [3.05, 3.63) is 23.8 Å². The van der Waals surface area contributed by atoms with Gasteiger partial charge in [-0.15, -0.1) is 0 Å². The molecule has 43 heavy (non-hydrogen) atoms. The van der Waals surface area contributed by atoms with E-state index in [1.165, 1.54) is 0 Å². The molecule has 2 aliphatic heterocycles. The molecule has 2 saturated heterocycles. The SMILES string of the molecule is CCCC1O[C@@H]2C[C@H]3[C@]4(C)CCC5=CC(=O)C=C[C@H]5CC[C@H]4[C@@H](O)C[C@]3(C)[C@]2(C(=O)COC(=O)ON2C(=O)CCC2=O)O1. The van der Waals surface area contributed by atoms with Gasteiger partial charge in [0.15, 0.2) is 24.3 Å². The van der Waals surface area contributed by atoms with Crippen LogP contribution in [0.15, 0.2) is 23.8 Å². The lowest BCUT2D eigenvalue weighted by Gasteiger charge is -2.59. The molecule has 3 saturated carbocycles. The van der Waals surface area contributed by atoms with Gasteiger partial charge in [-0.2, -0.15) is 0 Å². The molecule has 0 spiro atoms. The third-order valence-electron chi connectivity index (χ3n) is 11.4. The van der Waals surface area contributed by atoms with Crippen LogP contribution in [0.5, 0.6) is 0 Å². The van der Waals surface area contributed by atoms with Gasteiger partial charge in [-0.1, -0.05) is 43.9 Å². The number of aliphatic hydroxyl groups is 1. The molecular formula is C32H41NO10. The first-order valence-electron chi connectivity index (χ1n) is 15.6. The van der Waals surface area contributed by atoms with E-state index in [4.69, 9.17) is 19.0 Å². The lowest BCUT2D eigenvalue weighted by atomic mass is 9.46. The highest BCUT2D eigenvalue weighted by atomic mass is 16.8. The average molecular weight is 600 g/mol. The van der Waals surface area contributed by atoms with Gasteiger partial charge in [-0.25, -0.2) is 4.79 Å². The highest BCUT2D eigenvalue weighted by Gasteiger charge is 2.76. The topological polar surface area (TPSA) is 146 Å². The Kier molecular flexibility index (Phi) is 7.66. The number of allylic oxidation sites excluding steroid dienone is 4. The minimum Gasteiger partial charge on any atom is -0.425 e. The van der Waals surface area contributed by atoms with Crippen LogP contribution >= 0.6 is 0 Å². The molecule has 0 bridgehead atoms. The van der Waals surface area contributed by atoms with Crippen LogP contribution < -0.4 is 0 Å². The summed E-state index contributed by atoms with van der Waals surface area (Å²) in [5.74, 6) is -1.65. The zero-order chi connectivity index (χ0) is 30.7. The molecule has 6 rings (SSSR count). The summed E-state index contributed by atoms with van der Waals surface area (Å²) < 4.78 is 18.1. The number of Topliss-reactive ketones (excluding diaryl/α,β-unsaturated/α-hetero) is 1. The fourth-order valence-corrected chi connectivity index (χ4v) is 9.40. The molecule has 2 heterocycles. The molecule has 0 aromatic rings. The maximum Gasteiger partial charge on any atom is 0.534 e. The van der Waals surface area contributed by atoms with Crippen LogP contribution in [0.1, 0.15) is 85.0 Å². The molecule has 1 N–H and O–H groups in total. The Labute approximate surface area is 250 Å². The largest absolute Gasteiger partial charge is 0.534 e. The minimum absolute atomic E-state index is 0.00247. The molecule has 234 valence electrons. The van der Waals surface area contributed by atoms with Crippen molar-refractivity contribution in [1.82, 2.24) is 5.06 Å². The summed E-state index contributed by atoms with van der Waals surface area (Å²) in [7, 11) is 0. The molecule has 0 radical (unpaired) electrons. The predicted octanol–water partition coefficient (Wildman–Crippen LogP) is 3.72. The van der Waals surface area contributed by atoms with Crippen LogP contribution in [0.3, 0.4) is 0 Å². The number of amides is 2. The molecule has 4 aliphatic carbocycles. The Morgan fingerprint density at radius 2 is 1.86 bits per heavy atom. The van der Waals surface area contributed by atoms with Gasteiger partial charge in [-0.3, -0.25) is 24.0 Å². The maximum atomic E-state index is 14.2. The molecule has 2 amide bonds. The second-order valence-electron chi connectivity index (χ2n) is 13.6. The molecule has 6 aliphatic rings. The third-order valence-corrected chi connectivity index (χ3v) is 11.4. The number of rotatable bonds is 6. The van der Waals surface area contributed by atoms with Gasteiger partial charge in [0.25, 0.3) is 11.8 Å². The number of carbonyl (C=O) groups excluding carboxylic acids is 5. The van der Waals surface area contributed by atoms with Gasteiger partial charge in [0.05, 0.1) is 12.2 Å². The molecule has 1 unspecified atom stereocenters. The molecular weight excluding hydrogens is 558 g/mol. The zero-order valence-corrected chi connectivity index (χ0v) is 25.0. The van der Waals surface area contributed by atoms with Crippen molar-refractivity contribution in [2.75, 3.05) is 6.61 Å². The first-order valence-corrected chi connectivity index (χ1v) is 15.6. The molecule has 0 aromatic heterocycles. The number of aliphatic hydroxyl groups excluding tert-OH is 1. The summed E-state index contributed by atoms with van der Waals surface area (Å²) in [5, 5.41) is 12.2. The van der Waals surface area contributed by atoms with E-state index >= 15 is 0 Å². The second-order valence-corrected chi connectivity index (χ2v) is 13.6. The Morgan fingerprint density at radius 1 is 1.12 bits per heavy atom. The van der Waals surface area contributed by atoms with Crippen molar-refractivity contribution in [1.29, 1.82) is 0 Å². The van der Waals surface area contributed by atoms with E-state index in [1.807, 2.05) is 19.9 Å². The third kappa shape index (κ3) is 4.69. The van der Waals surface area contributed by atoms with E-state index in [0.717, 1.165) is 37.7 Å². The number of ether oxygens (including phenoxy) is 3. The van der Waals surface area contributed by atoms with Gasteiger partial charge in [0.1, 0.15) is 0 Å². The number of carbonyl (C=O) groups is 5. The van der Waals surface area contributed by atoms with Gasteiger partial charge in [0, 0.05) is 18.3 Å². The normalized spacial score (nSPS) is 41.9. The Bertz CT molecular complexity index is 1270. The van der Waals surface area contributed by atoms with Crippen molar-refractivity contribution >= 4 is 29.5 Å². The Balaban J connectivity index is 1.28. The van der Waals surface area contributed by atoms with E-state index in [1.54, 1.807) is 12.2 Å². The van der Waals surface area contributed by atoms with E-state index in [-0.39, 0.29) is 41.8 Å². The molecule has 5 fully saturated rings. The monoisotopic (exact) mass is 599 g/mol. The lowest BCUT2D eigenvalue weighted by molar-refractivity contribution is -0.210. The van der Waals surface area contributed by atoms with Crippen LogP contribution in [0, 0.1) is 28.6 Å². The second kappa shape index (κ2) is 10.9. The van der Waals surface area contributed by atoms with Crippen molar-refractivity contribution in [2.45, 2.75) is 109 Å². The average Bonchev–Trinajstić information content (AvgIpc) is 3.56. The number of nitrogens with zero attached hydrogens (tertiary/aromatic N) is 1. The summed E-state index contributed by atoms with van der Waals surface area (Å²) in [4.78, 5) is 67.4. The van der Waals surface area contributed by atoms with Crippen LogP contribution in [0.2, 0.25) is 0 Å². The van der Waals surface area contributed by atoms with Crippen molar-refractivity contribution in [3.63, 3.8) is 0 Å². The fourth-order valence-electron chi connectivity index (χ4n) is 9.40. The molecule has 0 aromatic carbocycles. The van der Waals surface area contributed by atoms with Crippen molar-refractivity contribution in [3.8, 4) is 0 Å². The van der Waals surface area contributed by atoms with Crippen molar-refractivity contribution < 1.29 is 48.1 Å². The van der Waals surface area contributed by atoms with Gasteiger partial charge < -0.3 is 19.3 Å². The Hall–Kier alpha value is -2.89. The maximum absolute atomic E-state index is 14.2. The summed E-state index contributed by atoms with van der Waals surface area (Å²) >= 11 is 0. The highest BCUT2D eigenvalue weighted by molar-refractivity contribution is 6.01. The van der Waals surface area contributed by atoms with Crippen molar-refractivity contribution in [2.24, 2.45) is 28.6 Å². The lowest BCUT2D eigenvalue weighted by Crippen LogP contribution is -2.64. The number of hydrogen-bond donors (Lipinski definition) is 1. The summed E-state index contributed by atoms with van der Waals surface area (Å²) in [5.41, 5.74) is -1.57. The van der Waals surface area contributed by atoms with E-state index in [9.17, 15) is 29.1 Å². The van der Waals surface area contributed by atoms with E-state index in [2.05, 4.69) is 6.92 Å².